The van der Waals surface area contributed by atoms with Gasteiger partial charge in [-0.05, 0) is 37.9 Å². The molecule has 2 rings (SSSR count). The lowest BCUT2D eigenvalue weighted by Crippen LogP contribution is -2.30. The zero-order valence-corrected chi connectivity index (χ0v) is 8.48. The van der Waals surface area contributed by atoms with E-state index in [-0.39, 0.29) is 5.88 Å². The van der Waals surface area contributed by atoms with E-state index in [1.807, 2.05) is 12.1 Å². The molecule has 4 heteroatoms. The standard InChI is InChI=1S/C10H15BN2O/c11-13-6-3-8(4-7-13)9-2-1-5-12-10(9)14/h1-2,5,8H,3-4,6-7,11H2,(H,12,14). The van der Waals surface area contributed by atoms with Crippen molar-refractivity contribution in [2.45, 2.75) is 18.8 Å². The topological polar surface area (TPSA) is 36.4 Å². The van der Waals surface area contributed by atoms with Crippen LogP contribution in [0.3, 0.4) is 0 Å². The van der Waals surface area contributed by atoms with Crippen LogP contribution in [0.25, 0.3) is 0 Å². The van der Waals surface area contributed by atoms with E-state index in [9.17, 15) is 5.11 Å². The minimum absolute atomic E-state index is 0.210. The summed E-state index contributed by atoms with van der Waals surface area (Å²) in [6.07, 6.45) is 3.87. The summed E-state index contributed by atoms with van der Waals surface area (Å²) >= 11 is 0. The normalized spacial score (nSPS) is 19.7. The fraction of sp³-hybridized carbons (Fsp3) is 0.500. The Kier molecular flexibility index (Phi) is 2.73. The van der Waals surface area contributed by atoms with E-state index in [1.165, 1.54) is 0 Å². The molecular formula is C10H15BN2O. The first-order valence-corrected chi connectivity index (χ1v) is 5.10. The Hall–Kier alpha value is -1.03. The van der Waals surface area contributed by atoms with Crippen LogP contribution in [0.4, 0.5) is 0 Å². The summed E-state index contributed by atoms with van der Waals surface area (Å²) in [6, 6.07) is 3.88. The van der Waals surface area contributed by atoms with Gasteiger partial charge in [-0.2, -0.15) is 0 Å². The monoisotopic (exact) mass is 190 g/mol. The predicted molar refractivity (Wildman–Crippen MR) is 58.0 cm³/mol. The number of rotatable bonds is 1. The summed E-state index contributed by atoms with van der Waals surface area (Å²) in [5.74, 6) is 0.696. The van der Waals surface area contributed by atoms with E-state index >= 15 is 0 Å². The Morgan fingerprint density at radius 2 is 2.14 bits per heavy atom. The van der Waals surface area contributed by atoms with Gasteiger partial charge < -0.3 is 9.92 Å². The molecule has 1 N–H and O–H groups in total. The molecule has 0 aromatic carbocycles. The van der Waals surface area contributed by atoms with Gasteiger partial charge in [-0.1, -0.05) is 6.07 Å². The molecule has 1 aromatic rings. The van der Waals surface area contributed by atoms with Crippen molar-refractivity contribution < 1.29 is 5.11 Å². The molecule has 1 saturated heterocycles. The largest absolute Gasteiger partial charge is 0.493 e. The van der Waals surface area contributed by atoms with Gasteiger partial charge >= 0.3 is 0 Å². The molecule has 0 bridgehead atoms. The molecule has 14 heavy (non-hydrogen) atoms. The lowest BCUT2D eigenvalue weighted by atomic mass is 9.89. The number of piperidine rings is 1. The average Bonchev–Trinajstić information content (AvgIpc) is 2.20. The number of aromatic nitrogens is 1. The van der Waals surface area contributed by atoms with E-state index in [2.05, 4.69) is 17.8 Å². The maximum atomic E-state index is 9.60. The fourth-order valence-corrected chi connectivity index (χ4v) is 2.05. The molecule has 1 aliphatic rings. The zero-order valence-electron chi connectivity index (χ0n) is 8.48. The van der Waals surface area contributed by atoms with Crippen molar-refractivity contribution in [2.24, 2.45) is 0 Å². The quantitative estimate of drug-likeness (QED) is 0.655. The number of hydrogen-bond donors (Lipinski definition) is 1. The summed E-state index contributed by atoms with van der Waals surface area (Å²) in [5, 5.41) is 9.60. The van der Waals surface area contributed by atoms with Gasteiger partial charge in [0.15, 0.2) is 7.98 Å². The van der Waals surface area contributed by atoms with Gasteiger partial charge in [0, 0.05) is 11.8 Å². The third kappa shape index (κ3) is 1.90. The maximum Gasteiger partial charge on any atom is 0.214 e. The Morgan fingerprint density at radius 3 is 2.79 bits per heavy atom. The highest BCUT2D eigenvalue weighted by Crippen LogP contribution is 2.31. The second-order valence-electron chi connectivity index (χ2n) is 3.99. The number of nitrogens with zero attached hydrogens (tertiary/aromatic N) is 2. The molecule has 3 nitrogen and oxygen atoms in total. The van der Waals surface area contributed by atoms with Crippen LogP contribution in [-0.4, -0.2) is 36.0 Å². The Balaban J connectivity index is 2.12. The highest BCUT2D eigenvalue weighted by Gasteiger charge is 2.20. The molecule has 0 atom stereocenters. The minimum atomic E-state index is 0.210. The molecule has 1 fully saturated rings. The molecule has 1 aliphatic heterocycles. The summed E-state index contributed by atoms with van der Waals surface area (Å²) in [7, 11) is 2.14. The Bertz CT molecular complexity index is 311. The summed E-state index contributed by atoms with van der Waals surface area (Å²) in [4.78, 5) is 6.24. The van der Waals surface area contributed by atoms with Gasteiger partial charge in [0.25, 0.3) is 0 Å². The molecule has 1 aromatic heterocycles. The van der Waals surface area contributed by atoms with E-state index in [0.717, 1.165) is 31.5 Å². The second-order valence-corrected chi connectivity index (χ2v) is 3.99. The highest BCUT2D eigenvalue weighted by atomic mass is 16.3. The molecule has 74 valence electrons. The number of hydrogen-bond acceptors (Lipinski definition) is 3. The highest BCUT2D eigenvalue weighted by molar-refractivity contribution is 6.04. The molecule has 2 heterocycles. The lowest BCUT2D eigenvalue weighted by Gasteiger charge is -2.29. The summed E-state index contributed by atoms with van der Waals surface area (Å²) in [6.45, 7) is 2.22. The number of pyridine rings is 1. The molecule has 0 spiro atoms. The zero-order chi connectivity index (χ0) is 9.97. The van der Waals surface area contributed by atoms with Crippen molar-refractivity contribution in [3.63, 3.8) is 0 Å². The van der Waals surface area contributed by atoms with Crippen LogP contribution in [0.15, 0.2) is 18.3 Å². The van der Waals surface area contributed by atoms with Crippen LogP contribution in [0, 0.1) is 0 Å². The first kappa shape index (κ1) is 9.53. The first-order valence-electron chi connectivity index (χ1n) is 5.10. The van der Waals surface area contributed by atoms with Crippen molar-refractivity contribution in [2.75, 3.05) is 13.1 Å². The van der Waals surface area contributed by atoms with Gasteiger partial charge in [-0.3, -0.25) is 0 Å². The van der Waals surface area contributed by atoms with Crippen molar-refractivity contribution in [3.8, 4) is 5.88 Å². The predicted octanol–water partition coefficient (Wildman–Crippen LogP) is 0.515. The molecule has 0 saturated carbocycles. The van der Waals surface area contributed by atoms with Crippen molar-refractivity contribution in [1.82, 2.24) is 9.79 Å². The molecule has 0 unspecified atom stereocenters. The SMILES string of the molecule is BN1CCC(c2cccnc2O)CC1. The van der Waals surface area contributed by atoms with Gasteiger partial charge in [-0.25, -0.2) is 4.98 Å². The Morgan fingerprint density at radius 1 is 1.43 bits per heavy atom. The van der Waals surface area contributed by atoms with Crippen LogP contribution in [0.2, 0.25) is 0 Å². The van der Waals surface area contributed by atoms with Crippen LogP contribution in [-0.2, 0) is 0 Å². The van der Waals surface area contributed by atoms with E-state index in [0.29, 0.717) is 5.92 Å². The third-order valence-corrected chi connectivity index (χ3v) is 2.98. The van der Waals surface area contributed by atoms with Crippen LogP contribution < -0.4 is 0 Å². The minimum Gasteiger partial charge on any atom is -0.493 e. The smallest absolute Gasteiger partial charge is 0.214 e. The van der Waals surface area contributed by atoms with Crippen molar-refractivity contribution in [1.29, 1.82) is 0 Å². The summed E-state index contributed by atoms with van der Waals surface area (Å²) in [5.41, 5.74) is 1.01. The van der Waals surface area contributed by atoms with Crippen molar-refractivity contribution >= 4 is 7.98 Å². The molecule has 0 radical (unpaired) electrons. The van der Waals surface area contributed by atoms with E-state index < -0.39 is 0 Å². The van der Waals surface area contributed by atoms with E-state index in [4.69, 9.17) is 0 Å². The van der Waals surface area contributed by atoms with Gasteiger partial charge in [0.05, 0.1) is 0 Å². The van der Waals surface area contributed by atoms with Gasteiger partial charge in [-0.15, -0.1) is 0 Å². The molecular weight excluding hydrogens is 175 g/mol. The number of aromatic hydroxyl groups is 1. The Labute approximate surface area is 85.2 Å². The molecule has 0 aliphatic carbocycles. The van der Waals surface area contributed by atoms with Crippen molar-refractivity contribution in [3.05, 3.63) is 23.9 Å². The van der Waals surface area contributed by atoms with Crippen LogP contribution in [0.5, 0.6) is 5.88 Å². The van der Waals surface area contributed by atoms with Gasteiger partial charge in [0.1, 0.15) is 0 Å². The molecule has 0 amide bonds. The van der Waals surface area contributed by atoms with Gasteiger partial charge in [0.2, 0.25) is 5.88 Å². The van der Waals surface area contributed by atoms with Crippen LogP contribution >= 0.6 is 0 Å². The third-order valence-electron chi connectivity index (χ3n) is 2.98. The summed E-state index contributed by atoms with van der Waals surface area (Å²) < 4.78 is 0. The maximum absolute atomic E-state index is 9.60. The fourth-order valence-electron chi connectivity index (χ4n) is 2.05. The average molecular weight is 190 g/mol. The van der Waals surface area contributed by atoms with E-state index in [1.54, 1.807) is 6.20 Å². The second kappa shape index (κ2) is 4.01. The lowest BCUT2D eigenvalue weighted by molar-refractivity contribution is 0.327. The first-order chi connectivity index (χ1) is 6.77. The van der Waals surface area contributed by atoms with Crippen LogP contribution in [0.1, 0.15) is 24.3 Å².